The highest BCUT2D eigenvalue weighted by atomic mass is 32.1. The fourth-order valence-corrected chi connectivity index (χ4v) is 9.94. The highest BCUT2D eigenvalue weighted by Gasteiger charge is 2.40. The molecule has 2 saturated heterocycles. The van der Waals surface area contributed by atoms with Gasteiger partial charge in [-0.15, -0.1) is 0 Å². The number of hydrogen-bond donors (Lipinski definition) is 2. The summed E-state index contributed by atoms with van der Waals surface area (Å²) in [6.45, 7) is 12.6. The summed E-state index contributed by atoms with van der Waals surface area (Å²) in [5.41, 5.74) is 10.5. The average molecular weight is 1070 g/mol. The molecule has 19 heteroatoms. The van der Waals surface area contributed by atoms with Crippen molar-refractivity contribution in [2.75, 3.05) is 61.0 Å². The molecular formula is C53H76N8O7S4. The third-order valence-corrected chi connectivity index (χ3v) is 13.3. The van der Waals surface area contributed by atoms with Gasteiger partial charge in [0.05, 0.1) is 37.1 Å². The lowest BCUT2D eigenvalue weighted by molar-refractivity contribution is -0.155. The number of aryl methyl sites for hydroxylation is 1. The summed E-state index contributed by atoms with van der Waals surface area (Å²) in [6.07, 6.45) is 3.99. The molecule has 2 N–H and O–H groups in total. The Morgan fingerprint density at radius 2 is 1.72 bits per heavy atom. The van der Waals surface area contributed by atoms with Gasteiger partial charge in [-0.25, -0.2) is 5.43 Å². The normalized spacial score (nSPS) is 19.0. The maximum absolute atomic E-state index is 14.7. The average Bonchev–Trinajstić information content (AvgIpc) is 3.93. The Morgan fingerprint density at radius 3 is 2.42 bits per heavy atom. The van der Waals surface area contributed by atoms with Crippen molar-refractivity contribution in [2.24, 2.45) is 17.3 Å². The largest absolute Gasteiger partial charge is 0.464 e. The molecule has 15 nitrogen and oxygen atoms in total. The summed E-state index contributed by atoms with van der Waals surface area (Å²) in [5, 5.41) is 5.58. The predicted octanol–water partition coefficient (Wildman–Crippen LogP) is 5.53. The third kappa shape index (κ3) is 14.1. The van der Waals surface area contributed by atoms with Crippen molar-refractivity contribution in [3.8, 4) is 34.2 Å². The third-order valence-electron chi connectivity index (χ3n) is 13.3. The Kier molecular flexibility index (Phi) is 23.1. The number of fused-ring (bicyclic) bond motifs is 6. The van der Waals surface area contributed by atoms with E-state index in [0.29, 0.717) is 58.5 Å². The lowest BCUT2D eigenvalue weighted by Crippen LogP contribution is -2.62. The number of hydrogen-bond acceptors (Lipinski definition) is 10. The monoisotopic (exact) mass is 1060 g/mol. The second-order valence-electron chi connectivity index (χ2n) is 19.9. The number of likely N-dealkylation sites (tertiary alicyclic amines) is 1. The Morgan fingerprint density at radius 1 is 0.986 bits per heavy atom. The lowest BCUT2D eigenvalue weighted by Gasteiger charge is -2.37. The van der Waals surface area contributed by atoms with Crippen LogP contribution in [0.1, 0.15) is 70.7 Å². The molecule has 4 aromatic rings. The van der Waals surface area contributed by atoms with Crippen LogP contribution >= 0.6 is 54.0 Å². The fourth-order valence-electron chi connectivity index (χ4n) is 9.94. The molecule has 0 saturated carbocycles. The first-order valence-corrected chi connectivity index (χ1v) is 23.9. The zero-order valence-corrected chi connectivity index (χ0v) is 47.2. The van der Waals surface area contributed by atoms with Gasteiger partial charge in [-0.05, 0) is 105 Å². The topological polar surface area (TPSA) is 159 Å². The van der Waals surface area contributed by atoms with E-state index in [2.05, 4.69) is 84.3 Å². The number of rotatable bonds is 10. The molecule has 0 aliphatic carbocycles. The van der Waals surface area contributed by atoms with Gasteiger partial charge in [-0.1, -0.05) is 63.9 Å². The van der Waals surface area contributed by atoms with Crippen LogP contribution in [0.2, 0.25) is 0 Å². The maximum Gasteiger partial charge on any atom is 0.324 e. The van der Waals surface area contributed by atoms with Gasteiger partial charge in [-0.2, -0.15) is 54.0 Å². The van der Waals surface area contributed by atoms with Gasteiger partial charge in [-0.3, -0.25) is 38.9 Å². The van der Waals surface area contributed by atoms with Crippen molar-refractivity contribution in [3.63, 3.8) is 0 Å². The summed E-state index contributed by atoms with van der Waals surface area (Å²) in [5.74, 6) is 2.83. The van der Waals surface area contributed by atoms with Crippen LogP contribution in [-0.4, -0.2) is 138 Å². The first-order valence-electron chi connectivity index (χ1n) is 23.9. The SMILES string of the molecule is CCn1c(-c2cccnc2COC)c2c3cc(ccc31)-c1cccc(c1)C[C@H](NC(=O)[C@H](C(C)C)N(C)C(=O)[C@H]1CCN(C(=O)C#CCN(C)C)C1)C(=O)N1CCC[C@H](N1)C(=O)OCC(C)(C)C2.S.S.S.S. The Hall–Kier alpha value is -4.68. The van der Waals surface area contributed by atoms with Crippen LogP contribution in [-0.2, 0) is 59.4 Å². The molecule has 0 spiro atoms. The molecule has 4 atom stereocenters. The zero-order chi connectivity index (χ0) is 48.9. The number of amides is 4. The molecule has 394 valence electrons. The van der Waals surface area contributed by atoms with Gasteiger partial charge in [0.25, 0.3) is 11.8 Å². The quantitative estimate of drug-likeness (QED) is 0.153. The molecule has 0 radical (unpaired) electrons. The smallest absolute Gasteiger partial charge is 0.324 e. The summed E-state index contributed by atoms with van der Waals surface area (Å²) < 4.78 is 14.1. The predicted molar refractivity (Wildman–Crippen MR) is 303 cm³/mol. The second-order valence-corrected chi connectivity index (χ2v) is 19.9. The summed E-state index contributed by atoms with van der Waals surface area (Å²) in [7, 11) is 7.03. The van der Waals surface area contributed by atoms with Gasteiger partial charge >= 0.3 is 5.97 Å². The first-order chi connectivity index (χ1) is 32.5. The number of carbonyl (C=O) groups excluding carboxylic acids is 5. The molecule has 3 aliphatic heterocycles. The van der Waals surface area contributed by atoms with E-state index in [4.69, 9.17) is 14.5 Å². The minimum Gasteiger partial charge on any atom is -0.464 e. The number of benzene rings is 2. The van der Waals surface area contributed by atoms with Gasteiger partial charge in [0.2, 0.25) is 11.8 Å². The molecule has 4 amide bonds. The van der Waals surface area contributed by atoms with Crippen molar-refractivity contribution in [2.45, 2.75) is 98.0 Å². The number of pyridine rings is 1. The number of ether oxygens (including phenoxy) is 2. The Labute approximate surface area is 453 Å². The number of methoxy groups -OCH3 is 1. The molecule has 0 unspecified atom stereocenters. The molecule has 2 aromatic heterocycles. The molecule has 6 bridgehead atoms. The highest BCUT2D eigenvalue weighted by molar-refractivity contribution is 7.59. The summed E-state index contributed by atoms with van der Waals surface area (Å²) in [6, 6.07) is 15.8. The number of esters is 1. The van der Waals surface area contributed by atoms with E-state index in [9.17, 15) is 24.0 Å². The number of likely N-dealkylation sites (N-methyl/N-ethyl adjacent to an activating group) is 1. The highest BCUT2D eigenvalue weighted by Crippen LogP contribution is 2.41. The molecule has 72 heavy (non-hydrogen) atoms. The minimum atomic E-state index is -1.06. The van der Waals surface area contributed by atoms with Crippen LogP contribution in [0.4, 0.5) is 0 Å². The van der Waals surface area contributed by atoms with Crippen LogP contribution in [0.15, 0.2) is 60.8 Å². The van der Waals surface area contributed by atoms with Crippen molar-refractivity contribution < 1.29 is 33.4 Å². The van der Waals surface area contributed by atoms with E-state index >= 15 is 0 Å². The van der Waals surface area contributed by atoms with Crippen LogP contribution in [0.3, 0.4) is 0 Å². The number of carbonyl (C=O) groups is 5. The first kappa shape index (κ1) is 61.6. The van der Waals surface area contributed by atoms with Crippen LogP contribution in [0.5, 0.6) is 0 Å². The van der Waals surface area contributed by atoms with Crippen LogP contribution < -0.4 is 10.7 Å². The molecule has 2 fully saturated rings. The van der Waals surface area contributed by atoms with Gasteiger partial charge in [0, 0.05) is 74.8 Å². The number of nitrogens with one attached hydrogen (secondary N) is 2. The van der Waals surface area contributed by atoms with Crippen molar-refractivity contribution >= 4 is 94.5 Å². The standard InChI is InChI=1S/C53H68N8O7.4H2S/c1-10-60-45-21-20-37-29-40(45)41(48(60)39-17-12-23-54-44(39)32-67-9)30-53(4,5)33-68-52(66)42-18-13-25-61(56-42)51(65)43(28-35-15-11-16-36(37)27-35)55-49(63)47(34(2)3)58(8)50(64)38-22-26-59(31-38)46(62)19-14-24-57(6)7;;;;/h11-12,15-17,20-21,23,27,29,34,38,42-43,47,56H,10,13,18,22,24-26,28,30-33H2,1-9H3,(H,55,63);4*1H2/t38-,42-,43-,47-;;;;/m0..../s1. The van der Waals surface area contributed by atoms with Crippen molar-refractivity contribution in [3.05, 3.63) is 77.6 Å². The Balaban J connectivity index is 0.00000342. The van der Waals surface area contributed by atoms with E-state index in [1.807, 2.05) is 51.0 Å². The van der Waals surface area contributed by atoms with Crippen molar-refractivity contribution in [1.82, 2.24) is 40.0 Å². The van der Waals surface area contributed by atoms with Crippen molar-refractivity contribution in [1.29, 1.82) is 0 Å². The minimum absolute atomic E-state index is 0. The second kappa shape index (κ2) is 27.0. The van der Waals surface area contributed by atoms with E-state index in [1.54, 1.807) is 25.3 Å². The summed E-state index contributed by atoms with van der Waals surface area (Å²) >= 11 is 0. The number of aromatic nitrogens is 2. The van der Waals surface area contributed by atoms with E-state index in [-0.39, 0.29) is 91.3 Å². The molecule has 5 heterocycles. The van der Waals surface area contributed by atoms with E-state index in [1.165, 1.54) is 9.91 Å². The number of cyclic esters (lactones) is 1. The van der Waals surface area contributed by atoms with Gasteiger partial charge < -0.3 is 29.2 Å². The number of nitrogens with zero attached hydrogens (tertiary/aromatic N) is 6. The molecular weight excluding hydrogens is 989 g/mol. The molecule has 2 aromatic carbocycles. The molecule has 7 rings (SSSR count). The van der Waals surface area contributed by atoms with Crippen LogP contribution in [0, 0.1) is 29.1 Å². The number of hydrazine groups is 1. The van der Waals surface area contributed by atoms with E-state index in [0.717, 1.165) is 50.1 Å². The maximum atomic E-state index is 14.7. The fraction of sp³-hybridized carbons (Fsp3) is 0.509. The molecule has 3 aliphatic rings. The van der Waals surface area contributed by atoms with Crippen LogP contribution in [0.25, 0.3) is 33.3 Å². The lowest BCUT2D eigenvalue weighted by atomic mass is 9.84. The van der Waals surface area contributed by atoms with E-state index < -0.39 is 47.2 Å². The van der Waals surface area contributed by atoms with Gasteiger partial charge in [0.15, 0.2) is 0 Å². The van der Waals surface area contributed by atoms with Gasteiger partial charge in [0.1, 0.15) is 18.1 Å². The Bertz CT molecular complexity index is 2610. The zero-order valence-electron chi connectivity index (χ0n) is 43.2. The summed E-state index contributed by atoms with van der Waals surface area (Å²) in [4.78, 5) is 79.8.